The molecule has 0 saturated heterocycles. The van der Waals surface area contributed by atoms with Gasteiger partial charge in [-0.15, -0.1) is 0 Å². The highest BCUT2D eigenvalue weighted by atomic mass is 31.1. The van der Waals surface area contributed by atoms with Gasteiger partial charge in [0.15, 0.2) is 0 Å². The average Bonchev–Trinajstić information content (AvgIpc) is 1.90. The van der Waals surface area contributed by atoms with Crippen LogP contribution in [0.25, 0.3) is 0 Å². The summed E-state index contributed by atoms with van der Waals surface area (Å²) in [4.78, 5) is 0. The fourth-order valence-corrected chi connectivity index (χ4v) is 1.43. The smallest absolute Gasteiger partial charge is 0.0307 e. The van der Waals surface area contributed by atoms with Gasteiger partial charge in [0.05, 0.1) is 0 Å². The van der Waals surface area contributed by atoms with Crippen LogP contribution in [0.5, 0.6) is 0 Å². The molecule has 0 aromatic rings. The zero-order valence-corrected chi connectivity index (χ0v) is 6.15. The fourth-order valence-electron chi connectivity index (χ4n) is 0.799. The van der Waals surface area contributed by atoms with E-state index in [1.807, 2.05) is 0 Å². The summed E-state index contributed by atoms with van der Waals surface area (Å²) < 4.78 is 0. The number of hydrogen-bond acceptors (Lipinski definition) is 0. The van der Waals surface area contributed by atoms with Crippen molar-refractivity contribution in [1.29, 1.82) is 0 Å². The van der Waals surface area contributed by atoms with Crippen LogP contribution in [0.1, 0.15) is 12.8 Å². The Morgan fingerprint density at radius 2 is 2.38 bits per heavy atom. The molecule has 0 nitrogen and oxygen atoms in total. The molecule has 8 heavy (non-hydrogen) atoms. The summed E-state index contributed by atoms with van der Waals surface area (Å²) in [5.41, 5.74) is 0. The van der Waals surface area contributed by atoms with Gasteiger partial charge >= 0.3 is 0 Å². The largest absolute Gasteiger partial charge is 0.0940 e. The van der Waals surface area contributed by atoms with Gasteiger partial charge in [-0.05, 0) is 24.8 Å². The van der Waals surface area contributed by atoms with Crippen molar-refractivity contribution in [3.63, 3.8) is 0 Å². The van der Waals surface area contributed by atoms with Crippen LogP contribution in [-0.4, -0.2) is 6.66 Å². The Balaban J connectivity index is 2.51. The average molecular weight is 126 g/mol. The predicted octanol–water partition coefficient (Wildman–Crippen LogP) is 2.53. The molecule has 1 aliphatic rings. The normalized spacial score (nSPS) is 19.9. The van der Waals surface area contributed by atoms with E-state index in [0.29, 0.717) is 0 Å². The molecule has 1 unspecified atom stereocenters. The molecule has 1 atom stereocenters. The first kappa shape index (κ1) is 6.04. The summed E-state index contributed by atoms with van der Waals surface area (Å²) in [6.45, 7) is 2.22. The quantitative estimate of drug-likeness (QED) is 0.473. The highest BCUT2D eigenvalue weighted by Gasteiger charge is 1.90. The Bertz CT molecular complexity index is 122. The lowest BCUT2D eigenvalue weighted by Crippen LogP contribution is -1.75. The number of allylic oxidation sites excluding steroid dienone is 4. The molecule has 0 aromatic carbocycles. The predicted molar refractivity (Wildman–Crippen MR) is 40.7 cm³/mol. The Hall–Kier alpha value is -0.0900. The van der Waals surface area contributed by atoms with Crippen LogP contribution < -0.4 is 0 Å². The van der Waals surface area contributed by atoms with Crippen LogP contribution in [0, 0.1) is 0 Å². The Morgan fingerprint density at radius 3 is 2.75 bits per heavy atom. The minimum Gasteiger partial charge on any atom is -0.0940 e. The van der Waals surface area contributed by atoms with E-state index in [-0.39, 0.29) is 0 Å². The molecule has 0 aliphatic heterocycles. The van der Waals surface area contributed by atoms with Crippen LogP contribution >= 0.6 is 8.58 Å². The molecule has 0 amide bonds. The summed E-state index contributed by atoms with van der Waals surface area (Å²) in [5, 5.41) is 1.52. The van der Waals surface area contributed by atoms with E-state index in [1.165, 1.54) is 18.2 Å². The maximum absolute atomic E-state index is 2.33. The first-order chi connectivity index (χ1) is 3.93. The van der Waals surface area contributed by atoms with E-state index in [1.54, 1.807) is 0 Å². The van der Waals surface area contributed by atoms with Crippen molar-refractivity contribution in [3.05, 3.63) is 23.5 Å². The molecule has 0 saturated carbocycles. The molecule has 44 valence electrons. The topological polar surface area (TPSA) is 0 Å². The third-order valence-corrected chi connectivity index (χ3v) is 2.23. The van der Waals surface area contributed by atoms with Crippen molar-refractivity contribution in [2.75, 3.05) is 6.66 Å². The lowest BCUT2D eigenvalue weighted by Gasteiger charge is -2.01. The molecular formula is C7H11P. The van der Waals surface area contributed by atoms with Crippen molar-refractivity contribution in [1.82, 2.24) is 0 Å². The highest BCUT2D eigenvalue weighted by Crippen LogP contribution is 2.23. The van der Waals surface area contributed by atoms with Gasteiger partial charge in [-0.25, -0.2) is 0 Å². The third kappa shape index (κ3) is 1.45. The van der Waals surface area contributed by atoms with Crippen LogP contribution in [0.2, 0.25) is 0 Å². The summed E-state index contributed by atoms with van der Waals surface area (Å²) in [6, 6.07) is 0. The summed E-state index contributed by atoms with van der Waals surface area (Å²) in [6.07, 6.45) is 9.33. The second-order valence-electron chi connectivity index (χ2n) is 1.89. The van der Waals surface area contributed by atoms with Crippen molar-refractivity contribution < 1.29 is 0 Å². The van der Waals surface area contributed by atoms with Gasteiger partial charge in [0.2, 0.25) is 0 Å². The maximum atomic E-state index is 2.33. The molecule has 0 radical (unpaired) electrons. The van der Waals surface area contributed by atoms with Crippen molar-refractivity contribution >= 4 is 8.58 Å². The van der Waals surface area contributed by atoms with Gasteiger partial charge in [-0.3, -0.25) is 0 Å². The fraction of sp³-hybridized carbons (Fsp3) is 0.429. The maximum Gasteiger partial charge on any atom is -0.0307 e. The number of rotatable bonds is 1. The van der Waals surface area contributed by atoms with Gasteiger partial charge < -0.3 is 0 Å². The summed E-state index contributed by atoms with van der Waals surface area (Å²) in [7, 11) is 0.981. The van der Waals surface area contributed by atoms with Gasteiger partial charge in [-0.1, -0.05) is 26.8 Å². The molecule has 1 heteroatoms. The van der Waals surface area contributed by atoms with E-state index in [2.05, 4.69) is 24.9 Å². The monoisotopic (exact) mass is 126 g/mol. The standard InChI is InChI=1S/C7H11P/c1-8-7-5-3-2-4-6-7/h3,5-6,8H,2,4H2,1H3. The van der Waals surface area contributed by atoms with E-state index in [9.17, 15) is 0 Å². The Kier molecular flexibility index (Phi) is 2.29. The van der Waals surface area contributed by atoms with Crippen LogP contribution in [0.4, 0.5) is 0 Å². The lowest BCUT2D eigenvalue weighted by molar-refractivity contribution is 1.03. The minimum absolute atomic E-state index is 0.981. The second kappa shape index (κ2) is 3.04. The van der Waals surface area contributed by atoms with Crippen LogP contribution in [0.15, 0.2) is 23.5 Å². The van der Waals surface area contributed by atoms with E-state index >= 15 is 0 Å². The third-order valence-electron chi connectivity index (χ3n) is 1.28. The zero-order valence-electron chi connectivity index (χ0n) is 5.15. The van der Waals surface area contributed by atoms with Crippen molar-refractivity contribution in [2.45, 2.75) is 12.8 Å². The SMILES string of the molecule is CPC1=CCCC=C1. The molecule has 1 rings (SSSR count). The molecule has 0 aromatic heterocycles. The summed E-state index contributed by atoms with van der Waals surface area (Å²) in [5.74, 6) is 0. The van der Waals surface area contributed by atoms with E-state index < -0.39 is 0 Å². The molecular weight excluding hydrogens is 115 g/mol. The molecule has 1 aliphatic carbocycles. The van der Waals surface area contributed by atoms with Gasteiger partial charge in [0.1, 0.15) is 0 Å². The first-order valence-electron chi connectivity index (χ1n) is 2.98. The van der Waals surface area contributed by atoms with E-state index in [4.69, 9.17) is 0 Å². The van der Waals surface area contributed by atoms with Gasteiger partial charge in [0, 0.05) is 0 Å². The Labute approximate surface area is 52.5 Å². The van der Waals surface area contributed by atoms with Crippen LogP contribution in [0.3, 0.4) is 0 Å². The van der Waals surface area contributed by atoms with Crippen LogP contribution in [-0.2, 0) is 0 Å². The molecule has 0 N–H and O–H groups in total. The van der Waals surface area contributed by atoms with Gasteiger partial charge in [0.25, 0.3) is 0 Å². The molecule has 0 heterocycles. The second-order valence-corrected chi connectivity index (χ2v) is 2.97. The number of hydrogen-bond donors (Lipinski definition) is 0. The van der Waals surface area contributed by atoms with Crippen molar-refractivity contribution in [3.8, 4) is 0 Å². The summed E-state index contributed by atoms with van der Waals surface area (Å²) >= 11 is 0. The van der Waals surface area contributed by atoms with Gasteiger partial charge in [-0.2, -0.15) is 0 Å². The highest BCUT2D eigenvalue weighted by molar-refractivity contribution is 7.42. The minimum atomic E-state index is 0.981. The first-order valence-corrected chi connectivity index (χ1v) is 4.48. The molecule has 0 fully saturated rings. The Morgan fingerprint density at radius 1 is 1.50 bits per heavy atom. The van der Waals surface area contributed by atoms with Crippen molar-refractivity contribution in [2.24, 2.45) is 0 Å². The molecule has 0 spiro atoms. The lowest BCUT2D eigenvalue weighted by atomic mass is 10.2. The zero-order chi connectivity index (χ0) is 5.82. The molecule has 0 bridgehead atoms. The van der Waals surface area contributed by atoms with E-state index in [0.717, 1.165) is 8.58 Å².